The molecule has 0 amide bonds. The van der Waals surface area contributed by atoms with E-state index in [9.17, 15) is 48.0 Å². The Morgan fingerprint density at radius 1 is 1.00 bits per heavy atom. The van der Waals surface area contributed by atoms with Gasteiger partial charge in [-0.25, -0.2) is 17.9 Å². The zero-order chi connectivity index (χ0) is 25.5. The highest BCUT2D eigenvalue weighted by Gasteiger charge is 2.82. The third-order valence-corrected chi connectivity index (χ3v) is 8.95. The zero-order valence-corrected chi connectivity index (χ0v) is 18.7. The number of carbonyl (C=O) groups excluding carboxylic acids is 1. The van der Waals surface area contributed by atoms with Crippen LogP contribution in [0.1, 0.15) is 45.4 Å². The summed E-state index contributed by atoms with van der Waals surface area (Å²) in [6.07, 6.45) is 0.473. The number of alkyl halides is 6. The van der Waals surface area contributed by atoms with Gasteiger partial charge in [-0.05, 0) is 50.9 Å². The first-order valence-corrected chi connectivity index (χ1v) is 12.6. The normalized spacial score (nSPS) is 32.6. The fourth-order valence-corrected chi connectivity index (χ4v) is 7.47. The van der Waals surface area contributed by atoms with Crippen molar-refractivity contribution in [3.63, 3.8) is 0 Å². The molecule has 4 fully saturated rings. The van der Waals surface area contributed by atoms with Gasteiger partial charge in [0.2, 0.25) is 0 Å². The molecule has 0 aliphatic heterocycles. The molecule has 190 valence electrons. The number of rotatable bonds is 8. The van der Waals surface area contributed by atoms with Crippen molar-refractivity contribution in [1.82, 2.24) is 4.72 Å². The molecule has 8 nitrogen and oxygen atoms in total. The van der Waals surface area contributed by atoms with Gasteiger partial charge in [-0.3, -0.25) is 4.55 Å². The van der Waals surface area contributed by atoms with Gasteiger partial charge < -0.3 is 4.74 Å². The summed E-state index contributed by atoms with van der Waals surface area (Å²) < 4.78 is 145. The Hall–Kier alpha value is -1.39. The lowest BCUT2D eigenvalue weighted by Crippen LogP contribution is -2.70. The quantitative estimate of drug-likeness (QED) is 0.214. The van der Waals surface area contributed by atoms with Gasteiger partial charge in [0.25, 0.3) is 10.0 Å². The van der Waals surface area contributed by atoms with E-state index in [2.05, 4.69) is 6.58 Å². The molecule has 0 aromatic carbocycles. The number of ether oxygens (including phenoxy) is 1. The molecule has 0 aromatic rings. The summed E-state index contributed by atoms with van der Waals surface area (Å²) in [5.74, 6) is -8.51. The second-order valence-corrected chi connectivity index (χ2v) is 12.5. The average Bonchev–Trinajstić information content (AvgIpc) is 2.57. The van der Waals surface area contributed by atoms with Crippen LogP contribution in [0.25, 0.3) is 0 Å². The van der Waals surface area contributed by atoms with Crippen molar-refractivity contribution in [2.45, 2.75) is 73.0 Å². The van der Waals surface area contributed by atoms with E-state index in [0.717, 1.165) is 0 Å². The van der Waals surface area contributed by atoms with Gasteiger partial charge in [0, 0.05) is 17.5 Å². The molecule has 2 N–H and O–H groups in total. The maximum atomic E-state index is 14.3. The molecule has 0 heterocycles. The summed E-state index contributed by atoms with van der Waals surface area (Å²) in [4.78, 5) is 12.1. The number of nitrogens with one attached hydrogen (secondary N) is 1. The molecule has 4 aliphatic rings. The van der Waals surface area contributed by atoms with E-state index in [-0.39, 0.29) is 49.5 Å². The Morgan fingerprint density at radius 2 is 1.48 bits per heavy atom. The molecule has 4 rings (SSSR count). The second-order valence-electron chi connectivity index (χ2n) is 9.28. The number of esters is 1. The largest absolute Gasteiger partial charge is 0.456 e. The van der Waals surface area contributed by atoms with Crippen LogP contribution in [0.4, 0.5) is 26.3 Å². The van der Waals surface area contributed by atoms with Crippen molar-refractivity contribution >= 4 is 26.1 Å². The van der Waals surface area contributed by atoms with Crippen molar-refractivity contribution in [2.24, 2.45) is 11.8 Å². The molecule has 0 saturated heterocycles. The van der Waals surface area contributed by atoms with E-state index in [0.29, 0.717) is 6.42 Å². The third kappa shape index (κ3) is 3.95. The number of sulfonamides is 1. The van der Waals surface area contributed by atoms with Crippen LogP contribution in [0.15, 0.2) is 12.2 Å². The number of carbonyl (C=O) groups is 1. The zero-order valence-electron chi connectivity index (χ0n) is 17.1. The first kappa shape index (κ1) is 26.2. The van der Waals surface area contributed by atoms with Crippen molar-refractivity contribution in [1.29, 1.82) is 0 Å². The van der Waals surface area contributed by atoms with Gasteiger partial charge in [0.15, 0.2) is 0 Å². The van der Waals surface area contributed by atoms with E-state index in [1.807, 2.05) is 0 Å². The molecule has 0 spiro atoms. The van der Waals surface area contributed by atoms with Crippen LogP contribution >= 0.6 is 0 Å². The molecule has 4 aliphatic carbocycles. The monoisotopic (exact) mass is 529 g/mol. The van der Waals surface area contributed by atoms with Crippen LogP contribution in [-0.4, -0.2) is 54.9 Å². The van der Waals surface area contributed by atoms with Crippen LogP contribution in [-0.2, 0) is 29.7 Å². The fourth-order valence-electron chi connectivity index (χ4n) is 5.55. The lowest BCUT2D eigenvalue weighted by Gasteiger charge is -2.61. The molecular weight excluding hydrogens is 508 g/mol. The molecule has 2 atom stereocenters. The number of hydrogen-bond donors (Lipinski definition) is 2. The van der Waals surface area contributed by atoms with E-state index in [1.54, 1.807) is 0 Å². The molecule has 4 bridgehead atoms. The summed E-state index contributed by atoms with van der Waals surface area (Å²) in [5.41, 5.74) is -3.09. The van der Waals surface area contributed by atoms with Gasteiger partial charge in [-0.1, -0.05) is 6.58 Å². The van der Waals surface area contributed by atoms with Crippen LogP contribution in [0, 0.1) is 11.8 Å². The lowest BCUT2D eigenvalue weighted by atomic mass is 9.51. The van der Waals surface area contributed by atoms with Gasteiger partial charge >= 0.3 is 32.5 Å². The van der Waals surface area contributed by atoms with Crippen LogP contribution in [0.3, 0.4) is 0 Å². The highest BCUT2D eigenvalue weighted by atomic mass is 32.2. The SMILES string of the molecule is C=C(C)C(=O)OC12CC3CC(CC(NS(=O)(=O)C(F)(F)C(F)(F)C(F)(F)S(=O)(=O)O)(C3)C1)C2. The average molecular weight is 529 g/mol. The maximum Gasteiger partial charge on any atom is 0.439 e. The van der Waals surface area contributed by atoms with Crippen LogP contribution < -0.4 is 4.72 Å². The first-order valence-electron chi connectivity index (χ1n) is 9.63. The molecule has 4 saturated carbocycles. The Bertz CT molecular complexity index is 1080. The molecule has 2 unspecified atom stereocenters. The van der Waals surface area contributed by atoms with Crippen molar-refractivity contribution in [3.05, 3.63) is 12.2 Å². The summed E-state index contributed by atoms with van der Waals surface area (Å²) in [5, 5.41) is -13.4. The maximum absolute atomic E-state index is 14.3. The second kappa shape index (κ2) is 7.31. The minimum absolute atomic E-state index is 0.0130. The molecule has 33 heavy (non-hydrogen) atoms. The Kier molecular flexibility index (Phi) is 5.80. The summed E-state index contributed by atoms with van der Waals surface area (Å²) in [6, 6.07) is 0. The Morgan fingerprint density at radius 3 is 1.91 bits per heavy atom. The molecule has 0 aromatic heterocycles. The first-order chi connectivity index (χ1) is 14.6. The molecule has 16 heteroatoms. The lowest BCUT2D eigenvalue weighted by molar-refractivity contribution is -0.246. The van der Waals surface area contributed by atoms with Gasteiger partial charge in [-0.2, -0.15) is 34.8 Å². The highest BCUT2D eigenvalue weighted by molar-refractivity contribution is 7.91. The summed E-state index contributed by atoms with van der Waals surface area (Å²) in [6.45, 7) is 4.77. The van der Waals surface area contributed by atoms with Gasteiger partial charge in [-0.15, -0.1) is 0 Å². The van der Waals surface area contributed by atoms with E-state index in [1.165, 1.54) is 11.6 Å². The third-order valence-electron chi connectivity index (χ3n) is 6.41. The van der Waals surface area contributed by atoms with E-state index < -0.39 is 53.7 Å². The molecule has 0 radical (unpaired) electrons. The van der Waals surface area contributed by atoms with Gasteiger partial charge in [0.1, 0.15) is 5.60 Å². The minimum atomic E-state index is -7.11. The topological polar surface area (TPSA) is 127 Å². The molecular formula is C17H21F6NO7S2. The number of halogens is 6. The Labute approximate surface area is 185 Å². The summed E-state index contributed by atoms with van der Waals surface area (Å²) >= 11 is 0. The highest BCUT2D eigenvalue weighted by Crippen LogP contribution is 2.60. The van der Waals surface area contributed by atoms with E-state index in [4.69, 9.17) is 9.29 Å². The van der Waals surface area contributed by atoms with E-state index >= 15 is 0 Å². The number of hydrogen-bond acceptors (Lipinski definition) is 6. The standard InChI is InChI=1S/C17H21F6NO7S2/c1-9(2)12(25)31-14-6-10-3-11(7-14)5-13(4-10,8-14)24-32(26,27)16(20,21)15(18,19)17(22,23)33(28,29)30/h10-11,24H,1,3-8H2,2H3,(H,28,29,30). The van der Waals surface area contributed by atoms with Crippen molar-refractivity contribution in [2.75, 3.05) is 0 Å². The van der Waals surface area contributed by atoms with Crippen LogP contribution in [0.5, 0.6) is 0 Å². The van der Waals surface area contributed by atoms with Crippen molar-refractivity contribution < 1.29 is 57.3 Å². The predicted octanol–water partition coefficient (Wildman–Crippen LogP) is 2.83. The summed E-state index contributed by atoms with van der Waals surface area (Å²) in [7, 11) is -13.8. The fraction of sp³-hybridized carbons (Fsp3) is 0.824. The Balaban J connectivity index is 1.96. The predicted molar refractivity (Wildman–Crippen MR) is 99.5 cm³/mol. The smallest absolute Gasteiger partial charge is 0.439 e. The minimum Gasteiger partial charge on any atom is -0.456 e. The van der Waals surface area contributed by atoms with Gasteiger partial charge in [0.05, 0.1) is 0 Å². The van der Waals surface area contributed by atoms with Crippen molar-refractivity contribution in [3.8, 4) is 0 Å². The van der Waals surface area contributed by atoms with Crippen LogP contribution in [0.2, 0.25) is 0 Å².